The molecule has 1 saturated heterocycles. The first kappa shape index (κ1) is 14.8. The van der Waals surface area contributed by atoms with Crippen molar-refractivity contribution in [3.8, 4) is 5.69 Å². The van der Waals surface area contributed by atoms with E-state index in [-0.39, 0.29) is 5.91 Å². The van der Waals surface area contributed by atoms with Gasteiger partial charge in [-0.15, -0.1) is 5.10 Å². The number of carbonyl (C=O) groups excluding carboxylic acids is 1. The fourth-order valence-corrected chi connectivity index (χ4v) is 3.23. The molecule has 2 atom stereocenters. The van der Waals surface area contributed by atoms with Crippen LogP contribution in [0.25, 0.3) is 5.69 Å². The summed E-state index contributed by atoms with van der Waals surface area (Å²) in [6.45, 7) is 7.85. The number of carbonyl (C=O) groups is 1. The third kappa shape index (κ3) is 2.89. The number of nitrogens with zero attached hydrogens (tertiary/aromatic N) is 4. The van der Waals surface area contributed by atoms with E-state index in [2.05, 4.69) is 24.0 Å². The maximum Gasteiger partial charge on any atom is 0.276 e. The number of piperidine rings is 1. The molecule has 2 unspecified atom stereocenters. The molecule has 5 nitrogen and oxygen atoms in total. The van der Waals surface area contributed by atoms with E-state index >= 15 is 0 Å². The van der Waals surface area contributed by atoms with Gasteiger partial charge in [-0.25, -0.2) is 0 Å². The quantitative estimate of drug-likeness (QED) is 0.856. The third-order valence-electron chi connectivity index (χ3n) is 4.13. The molecule has 0 saturated carbocycles. The summed E-state index contributed by atoms with van der Waals surface area (Å²) in [5, 5.41) is 8.81. The Labute approximate surface area is 130 Å². The molecular weight excluding hydrogens is 276 g/mol. The standard InChI is InChI=1S/C17H22N4O/c1-12-9-13(2)11-20(10-12)17(22)16-14(3)18-21(19-16)15-7-5-4-6-8-15/h4-8,12-13H,9-11H2,1-3H3. The Morgan fingerprint density at radius 2 is 1.73 bits per heavy atom. The fourth-order valence-electron chi connectivity index (χ4n) is 3.23. The Balaban J connectivity index is 1.86. The maximum atomic E-state index is 12.8. The summed E-state index contributed by atoms with van der Waals surface area (Å²) in [7, 11) is 0. The number of aromatic nitrogens is 3. The summed E-state index contributed by atoms with van der Waals surface area (Å²) < 4.78 is 0. The Bertz CT molecular complexity index is 655. The second-order valence-corrected chi connectivity index (χ2v) is 6.42. The zero-order valence-corrected chi connectivity index (χ0v) is 13.4. The van der Waals surface area contributed by atoms with Gasteiger partial charge in [-0.3, -0.25) is 4.79 Å². The molecule has 0 spiro atoms. The van der Waals surface area contributed by atoms with Gasteiger partial charge in [0.1, 0.15) is 0 Å². The van der Waals surface area contributed by atoms with Gasteiger partial charge in [0.2, 0.25) is 0 Å². The van der Waals surface area contributed by atoms with Crippen LogP contribution in [0.1, 0.15) is 36.5 Å². The number of aryl methyl sites for hydroxylation is 1. The van der Waals surface area contributed by atoms with Crippen LogP contribution < -0.4 is 0 Å². The van der Waals surface area contributed by atoms with E-state index in [1.54, 1.807) is 4.80 Å². The Morgan fingerprint density at radius 1 is 1.09 bits per heavy atom. The Kier molecular flexibility index (Phi) is 3.96. The lowest BCUT2D eigenvalue weighted by Crippen LogP contribution is -2.43. The molecule has 1 amide bonds. The molecule has 0 radical (unpaired) electrons. The van der Waals surface area contributed by atoms with Crippen LogP contribution in [0.15, 0.2) is 30.3 Å². The third-order valence-corrected chi connectivity index (χ3v) is 4.13. The smallest absolute Gasteiger partial charge is 0.276 e. The first-order chi connectivity index (χ1) is 10.5. The average molecular weight is 298 g/mol. The summed E-state index contributed by atoms with van der Waals surface area (Å²) in [5.41, 5.74) is 2.01. The van der Waals surface area contributed by atoms with Crippen molar-refractivity contribution in [1.82, 2.24) is 19.9 Å². The Hall–Kier alpha value is -2.17. The number of hydrogen-bond donors (Lipinski definition) is 0. The van der Waals surface area contributed by atoms with Crippen molar-refractivity contribution in [1.29, 1.82) is 0 Å². The molecule has 116 valence electrons. The Morgan fingerprint density at radius 3 is 2.36 bits per heavy atom. The van der Waals surface area contributed by atoms with E-state index in [4.69, 9.17) is 0 Å². The van der Waals surface area contributed by atoms with Gasteiger partial charge in [-0.1, -0.05) is 32.0 Å². The van der Waals surface area contributed by atoms with Crippen LogP contribution in [-0.4, -0.2) is 38.9 Å². The van der Waals surface area contributed by atoms with Crippen molar-refractivity contribution in [3.05, 3.63) is 41.7 Å². The van der Waals surface area contributed by atoms with Crippen LogP contribution in [0.2, 0.25) is 0 Å². The van der Waals surface area contributed by atoms with E-state index in [1.807, 2.05) is 42.2 Å². The van der Waals surface area contributed by atoms with Gasteiger partial charge in [0.05, 0.1) is 11.4 Å². The highest BCUT2D eigenvalue weighted by atomic mass is 16.2. The van der Waals surface area contributed by atoms with Gasteiger partial charge in [0.15, 0.2) is 5.69 Å². The summed E-state index contributed by atoms with van der Waals surface area (Å²) in [4.78, 5) is 16.2. The van der Waals surface area contributed by atoms with E-state index < -0.39 is 0 Å². The molecule has 1 aromatic carbocycles. The highest BCUT2D eigenvalue weighted by molar-refractivity contribution is 5.93. The van der Waals surface area contributed by atoms with Crippen LogP contribution in [0, 0.1) is 18.8 Å². The second-order valence-electron chi connectivity index (χ2n) is 6.42. The number of amides is 1. The summed E-state index contributed by atoms with van der Waals surface area (Å²) in [6, 6.07) is 9.67. The minimum atomic E-state index is -0.00178. The van der Waals surface area contributed by atoms with E-state index in [1.165, 1.54) is 6.42 Å². The van der Waals surface area contributed by atoms with Crippen LogP contribution in [-0.2, 0) is 0 Å². The normalized spacial score (nSPS) is 21.9. The van der Waals surface area contributed by atoms with Crippen molar-refractivity contribution in [2.75, 3.05) is 13.1 Å². The molecule has 0 aliphatic carbocycles. The molecule has 22 heavy (non-hydrogen) atoms. The van der Waals surface area contributed by atoms with Gasteiger partial charge in [0.25, 0.3) is 5.91 Å². The lowest BCUT2D eigenvalue weighted by atomic mass is 9.92. The molecule has 0 bridgehead atoms. The predicted molar refractivity (Wildman–Crippen MR) is 84.9 cm³/mol. The lowest BCUT2D eigenvalue weighted by Gasteiger charge is -2.34. The van der Waals surface area contributed by atoms with Crippen molar-refractivity contribution in [2.24, 2.45) is 11.8 Å². The van der Waals surface area contributed by atoms with Crippen LogP contribution in [0.5, 0.6) is 0 Å². The minimum Gasteiger partial charge on any atom is -0.337 e. The van der Waals surface area contributed by atoms with Gasteiger partial charge < -0.3 is 4.90 Å². The number of benzene rings is 1. The largest absolute Gasteiger partial charge is 0.337 e. The van der Waals surface area contributed by atoms with Gasteiger partial charge in [-0.2, -0.15) is 9.90 Å². The minimum absolute atomic E-state index is 0.00178. The molecular formula is C17H22N4O. The van der Waals surface area contributed by atoms with Crippen molar-refractivity contribution >= 4 is 5.91 Å². The topological polar surface area (TPSA) is 51.0 Å². The van der Waals surface area contributed by atoms with Crippen LogP contribution >= 0.6 is 0 Å². The number of rotatable bonds is 2. The van der Waals surface area contributed by atoms with Crippen LogP contribution in [0.4, 0.5) is 0 Å². The van der Waals surface area contributed by atoms with Crippen molar-refractivity contribution in [2.45, 2.75) is 27.2 Å². The average Bonchev–Trinajstić information content (AvgIpc) is 2.88. The molecule has 2 aromatic rings. The number of hydrogen-bond acceptors (Lipinski definition) is 3. The number of likely N-dealkylation sites (tertiary alicyclic amines) is 1. The number of para-hydroxylation sites is 1. The van der Waals surface area contributed by atoms with Gasteiger partial charge in [-0.05, 0) is 37.3 Å². The first-order valence-corrected chi connectivity index (χ1v) is 7.83. The summed E-state index contributed by atoms with van der Waals surface area (Å²) in [6.07, 6.45) is 1.18. The summed E-state index contributed by atoms with van der Waals surface area (Å²) in [5.74, 6) is 1.08. The first-order valence-electron chi connectivity index (χ1n) is 7.83. The second kappa shape index (κ2) is 5.91. The van der Waals surface area contributed by atoms with E-state index in [9.17, 15) is 4.79 Å². The maximum absolute atomic E-state index is 12.8. The zero-order valence-electron chi connectivity index (χ0n) is 13.4. The molecule has 3 rings (SSSR count). The molecule has 5 heteroatoms. The zero-order chi connectivity index (χ0) is 15.7. The highest BCUT2D eigenvalue weighted by Gasteiger charge is 2.29. The van der Waals surface area contributed by atoms with Crippen LogP contribution in [0.3, 0.4) is 0 Å². The monoisotopic (exact) mass is 298 g/mol. The molecule has 1 aliphatic rings. The van der Waals surface area contributed by atoms with Gasteiger partial charge in [0, 0.05) is 13.1 Å². The lowest BCUT2D eigenvalue weighted by molar-refractivity contribution is 0.0616. The SMILES string of the molecule is Cc1nn(-c2ccccc2)nc1C(=O)N1CC(C)CC(C)C1. The predicted octanol–water partition coefficient (Wildman–Crippen LogP) is 2.69. The van der Waals surface area contributed by atoms with Crippen molar-refractivity contribution in [3.63, 3.8) is 0 Å². The molecule has 1 aliphatic heterocycles. The molecule has 1 aromatic heterocycles. The van der Waals surface area contributed by atoms with Crippen molar-refractivity contribution < 1.29 is 4.79 Å². The highest BCUT2D eigenvalue weighted by Crippen LogP contribution is 2.22. The van der Waals surface area contributed by atoms with Gasteiger partial charge >= 0.3 is 0 Å². The summed E-state index contributed by atoms with van der Waals surface area (Å²) >= 11 is 0. The fraction of sp³-hybridized carbons (Fsp3) is 0.471. The molecule has 2 heterocycles. The van der Waals surface area contributed by atoms with E-state index in [0.29, 0.717) is 23.2 Å². The molecule has 1 fully saturated rings. The molecule has 0 N–H and O–H groups in total. The van der Waals surface area contributed by atoms with E-state index in [0.717, 1.165) is 18.8 Å².